The predicted octanol–water partition coefficient (Wildman–Crippen LogP) is 3.10. The van der Waals surface area contributed by atoms with Gasteiger partial charge in [-0.1, -0.05) is 30.3 Å². The highest BCUT2D eigenvalue weighted by atomic mass is 16.5. The fraction of sp³-hybridized carbons (Fsp3) is 0.429. The van der Waals surface area contributed by atoms with Crippen molar-refractivity contribution in [2.24, 2.45) is 0 Å². The van der Waals surface area contributed by atoms with Gasteiger partial charge in [0.05, 0.1) is 26.2 Å². The Balaban J connectivity index is 1.32. The maximum absolute atomic E-state index is 5.82. The molecule has 2 aromatic rings. The molecular formula is C21H28NO2+. The SMILES string of the molecule is c1ccc(COc2ccc(OCCCC[NH+]3CCCC3)cc2)cc1. The van der Waals surface area contributed by atoms with Gasteiger partial charge in [-0.15, -0.1) is 0 Å². The van der Waals surface area contributed by atoms with Gasteiger partial charge in [0.15, 0.2) is 0 Å². The molecule has 128 valence electrons. The smallest absolute Gasteiger partial charge is 0.120 e. The lowest BCUT2D eigenvalue weighted by atomic mass is 10.2. The average molecular weight is 326 g/mol. The Labute approximate surface area is 145 Å². The number of likely N-dealkylation sites (tertiary alicyclic amines) is 1. The first-order chi connectivity index (χ1) is 11.9. The van der Waals surface area contributed by atoms with Crippen LogP contribution in [0.5, 0.6) is 11.5 Å². The summed E-state index contributed by atoms with van der Waals surface area (Å²) in [7, 11) is 0. The number of unbranched alkanes of at least 4 members (excludes halogenated alkanes) is 1. The molecule has 1 fully saturated rings. The molecule has 1 aliphatic rings. The molecule has 0 amide bonds. The van der Waals surface area contributed by atoms with Crippen molar-refractivity contribution in [3.63, 3.8) is 0 Å². The van der Waals surface area contributed by atoms with E-state index in [2.05, 4.69) is 12.1 Å². The zero-order chi connectivity index (χ0) is 16.5. The van der Waals surface area contributed by atoms with Gasteiger partial charge < -0.3 is 14.4 Å². The van der Waals surface area contributed by atoms with Crippen LogP contribution in [0, 0.1) is 0 Å². The maximum atomic E-state index is 5.82. The molecule has 2 aromatic carbocycles. The number of hydrogen-bond donors (Lipinski definition) is 1. The van der Waals surface area contributed by atoms with Crippen LogP contribution in [0.2, 0.25) is 0 Å². The van der Waals surface area contributed by atoms with Crippen LogP contribution in [0.15, 0.2) is 54.6 Å². The van der Waals surface area contributed by atoms with E-state index in [0.29, 0.717) is 6.61 Å². The van der Waals surface area contributed by atoms with Gasteiger partial charge in [-0.25, -0.2) is 0 Å². The van der Waals surface area contributed by atoms with Crippen molar-refractivity contribution in [1.82, 2.24) is 0 Å². The molecule has 1 saturated heterocycles. The van der Waals surface area contributed by atoms with E-state index >= 15 is 0 Å². The molecule has 0 bridgehead atoms. The fourth-order valence-corrected chi connectivity index (χ4v) is 3.17. The highest BCUT2D eigenvalue weighted by molar-refractivity contribution is 5.31. The highest BCUT2D eigenvalue weighted by Crippen LogP contribution is 2.19. The molecule has 3 heteroatoms. The van der Waals surface area contributed by atoms with Crippen molar-refractivity contribution in [2.45, 2.75) is 32.3 Å². The Morgan fingerprint density at radius 2 is 1.42 bits per heavy atom. The number of rotatable bonds is 9. The summed E-state index contributed by atoms with van der Waals surface area (Å²) in [4.78, 5) is 1.77. The van der Waals surface area contributed by atoms with Gasteiger partial charge >= 0.3 is 0 Å². The van der Waals surface area contributed by atoms with Crippen LogP contribution in [-0.2, 0) is 6.61 Å². The summed E-state index contributed by atoms with van der Waals surface area (Å²) in [5.74, 6) is 1.81. The third-order valence-corrected chi connectivity index (χ3v) is 4.58. The number of hydrogen-bond acceptors (Lipinski definition) is 2. The van der Waals surface area contributed by atoms with Gasteiger partial charge in [0, 0.05) is 12.8 Å². The Hall–Kier alpha value is -2.00. The number of quaternary nitrogens is 1. The molecule has 1 N–H and O–H groups in total. The summed E-state index contributed by atoms with van der Waals surface area (Å²) >= 11 is 0. The summed E-state index contributed by atoms with van der Waals surface area (Å²) in [5, 5.41) is 0. The Bertz CT molecular complexity index is 577. The lowest BCUT2D eigenvalue weighted by Gasteiger charge is -2.12. The third kappa shape index (κ3) is 5.57. The zero-order valence-corrected chi connectivity index (χ0v) is 14.4. The zero-order valence-electron chi connectivity index (χ0n) is 14.4. The van der Waals surface area contributed by atoms with Crippen molar-refractivity contribution in [3.05, 3.63) is 60.2 Å². The molecule has 1 aliphatic heterocycles. The van der Waals surface area contributed by atoms with Crippen LogP contribution in [0.1, 0.15) is 31.2 Å². The molecule has 0 saturated carbocycles. The van der Waals surface area contributed by atoms with E-state index in [9.17, 15) is 0 Å². The van der Waals surface area contributed by atoms with Crippen LogP contribution in [-0.4, -0.2) is 26.2 Å². The molecule has 0 aliphatic carbocycles. The van der Waals surface area contributed by atoms with Crippen molar-refractivity contribution in [2.75, 3.05) is 26.2 Å². The first kappa shape index (κ1) is 16.8. The lowest BCUT2D eigenvalue weighted by molar-refractivity contribution is -0.887. The Kier molecular flexibility index (Phi) is 6.55. The quantitative estimate of drug-likeness (QED) is 0.716. The molecule has 3 nitrogen and oxygen atoms in total. The van der Waals surface area contributed by atoms with Crippen LogP contribution in [0.3, 0.4) is 0 Å². The molecule has 0 atom stereocenters. The van der Waals surface area contributed by atoms with Gasteiger partial charge in [0.25, 0.3) is 0 Å². The van der Waals surface area contributed by atoms with Crippen molar-refractivity contribution >= 4 is 0 Å². The van der Waals surface area contributed by atoms with E-state index in [0.717, 1.165) is 24.5 Å². The van der Waals surface area contributed by atoms with Gasteiger partial charge in [0.1, 0.15) is 18.1 Å². The van der Waals surface area contributed by atoms with Gasteiger partial charge in [0.2, 0.25) is 0 Å². The van der Waals surface area contributed by atoms with Gasteiger partial charge in [-0.2, -0.15) is 0 Å². The van der Waals surface area contributed by atoms with Crippen LogP contribution >= 0.6 is 0 Å². The van der Waals surface area contributed by atoms with Crippen LogP contribution < -0.4 is 14.4 Å². The first-order valence-corrected chi connectivity index (χ1v) is 9.13. The maximum Gasteiger partial charge on any atom is 0.120 e. The van der Waals surface area contributed by atoms with Crippen molar-refractivity contribution < 1.29 is 14.4 Å². The highest BCUT2D eigenvalue weighted by Gasteiger charge is 2.13. The minimum absolute atomic E-state index is 0.597. The summed E-state index contributed by atoms with van der Waals surface area (Å²) in [6, 6.07) is 18.2. The molecule has 0 unspecified atom stereocenters. The Morgan fingerprint density at radius 3 is 2.12 bits per heavy atom. The van der Waals surface area contributed by atoms with E-state index in [1.807, 2.05) is 42.5 Å². The second-order valence-electron chi connectivity index (χ2n) is 6.51. The summed E-state index contributed by atoms with van der Waals surface area (Å²) in [6.07, 6.45) is 5.21. The van der Waals surface area contributed by atoms with E-state index < -0.39 is 0 Å². The third-order valence-electron chi connectivity index (χ3n) is 4.58. The molecule has 0 spiro atoms. The standard InChI is InChI=1S/C21H27NO2/c1-2-8-19(9-3-1)18-24-21-12-10-20(11-13-21)23-17-7-6-16-22-14-4-5-15-22/h1-3,8-13H,4-7,14-18H2/p+1. The van der Waals surface area contributed by atoms with Gasteiger partial charge in [-0.3, -0.25) is 0 Å². The predicted molar refractivity (Wildman–Crippen MR) is 96.7 cm³/mol. The van der Waals surface area contributed by atoms with E-state index in [4.69, 9.17) is 9.47 Å². The number of ether oxygens (including phenoxy) is 2. The molecule has 0 radical (unpaired) electrons. The van der Waals surface area contributed by atoms with E-state index in [1.54, 1.807) is 4.90 Å². The summed E-state index contributed by atoms with van der Waals surface area (Å²) < 4.78 is 11.6. The summed E-state index contributed by atoms with van der Waals surface area (Å²) in [5.41, 5.74) is 1.18. The normalized spacial score (nSPS) is 14.7. The summed E-state index contributed by atoms with van der Waals surface area (Å²) in [6.45, 7) is 5.43. The van der Waals surface area contributed by atoms with Crippen molar-refractivity contribution in [3.8, 4) is 11.5 Å². The molecule has 1 heterocycles. The second-order valence-corrected chi connectivity index (χ2v) is 6.51. The molecule has 3 rings (SSSR count). The number of benzene rings is 2. The topological polar surface area (TPSA) is 22.9 Å². The molecular weight excluding hydrogens is 298 g/mol. The minimum Gasteiger partial charge on any atom is -0.494 e. The molecule has 0 aromatic heterocycles. The fourth-order valence-electron chi connectivity index (χ4n) is 3.17. The lowest BCUT2D eigenvalue weighted by Crippen LogP contribution is -3.09. The Morgan fingerprint density at radius 1 is 0.750 bits per heavy atom. The van der Waals surface area contributed by atoms with E-state index in [1.165, 1.54) is 44.5 Å². The minimum atomic E-state index is 0.597. The second kappa shape index (κ2) is 9.33. The molecule has 24 heavy (non-hydrogen) atoms. The van der Waals surface area contributed by atoms with Gasteiger partial charge in [-0.05, 0) is 42.7 Å². The first-order valence-electron chi connectivity index (χ1n) is 9.13. The number of nitrogens with one attached hydrogen (secondary N) is 1. The van der Waals surface area contributed by atoms with E-state index in [-0.39, 0.29) is 0 Å². The van der Waals surface area contributed by atoms with Crippen LogP contribution in [0.25, 0.3) is 0 Å². The average Bonchev–Trinajstić information content (AvgIpc) is 3.15. The monoisotopic (exact) mass is 326 g/mol. The largest absolute Gasteiger partial charge is 0.494 e. The van der Waals surface area contributed by atoms with Crippen molar-refractivity contribution in [1.29, 1.82) is 0 Å². The van der Waals surface area contributed by atoms with Crippen LogP contribution in [0.4, 0.5) is 0 Å².